The summed E-state index contributed by atoms with van der Waals surface area (Å²) in [6, 6.07) is 0. The largest absolute Gasteiger partial charge is 0.465 e. The molecule has 10 heteroatoms. The van der Waals surface area contributed by atoms with Crippen LogP contribution in [-0.4, -0.2) is 63.0 Å². The quantitative estimate of drug-likeness (QED) is 0.0587. The molecule has 0 bridgehead atoms. The first kappa shape index (κ1) is 34.1. The zero-order chi connectivity index (χ0) is 29.0. The normalized spacial score (nSPS) is 22.2. The topological polar surface area (TPSA) is 114 Å². The van der Waals surface area contributed by atoms with Gasteiger partial charge in [-0.15, -0.1) is 0 Å². The van der Waals surface area contributed by atoms with Gasteiger partial charge in [0.15, 0.2) is 5.79 Å². The van der Waals surface area contributed by atoms with E-state index < -0.39 is 37.0 Å². The molecule has 1 aliphatic rings. The first-order valence-electron chi connectivity index (χ1n) is 12.9. The molecule has 0 saturated carbocycles. The maximum atomic E-state index is 13.2. The number of ether oxygens (including phenoxy) is 3. The molecule has 0 unspecified atom stereocenters. The van der Waals surface area contributed by atoms with Crippen molar-refractivity contribution >= 4 is 25.6 Å². The van der Waals surface area contributed by atoms with E-state index >= 15 is 0 Å². The van der Waals surface area contributed by atoms with Crippen LogP contribution >= 0.6 is 7.60 Å². The van der Waals surface area contributed by atoms with Gasteiger partial charge in [-0.2, -0.15) is 0 Å². The van der Waals surface area contributed by atoms with E-state index in [0.29, 0.717) is 12.0 Å². The van der Waals surface area contributed by atoms with Gasteiger partial charge in [0.25, 0.3) is 0 Å². The van der Waals surface area contributed by atoms with E-state index in [9.17, 15) is 18.9 Å². The third kappa shape index (κ3) is 11.1. The van der Waals surface area contributed by atoms with Crippen LogP contribution in [0.4, 0.5) is 0 Å². The van der Waals surface area contributed by atoms with Crippen LogP contribution in [-0.2, 0) is 42.2 Å². The van der Waals surface area contributed by atoms with E-state index in [1.54, 1.807) is 34.6 Å². The number of Topliss-reactive ketones (excluding diaryl/α,β-unsaturated/α-hetero) is 1. The molecule has 1 heterocycles. The number of esters is 1. The van der Waals surface area contributed by atoms with Crippen LogP contribution in [0.5, 0.6) is 0 Å². The monoisotopic (exact) mass is 556 g/mol. The molecular weight excluding hydrogens is 511 g/mol. The molecule has 0 amide bonds. The predicted octanol–water partition coefficient (Wildman–Crippen LogP) is 5.73. The molecule has 38 heavy (non-hydrogen) atoms. The second kappa shape index (κ2) is 15.6. The molecule has 1 aliphatic heterocycles. The lowest BCUT2D eigenvalue weighted by molar-refractivity contribution is -0.315. The Morgan fingerprint density at radius 1 is 1.08 bits per heavy atom. The molecule has 0 aromatic rings. The van der Waals surface area contributed by atoms with Gasteiger partial charge in [0.05, 0.1) is 24.2 Å². The second-order valence-electron chi connectivity index (χ2n) is 10.2. The van der Waals surface area contributed by atoms with Crippen molar-refractivity contribution in [2.24, 2.45) is 5.41 Å². The van der Waals surface area contributed by atoms with E-state index in [4.69, 9.17) is 23.3 Å². The summed E-state index contributed by atoms with van der Waals surface area (Å²) in [5.74, 6) is -1.77. The summed E-state index contributed by atoms with van der Waals surface area (Å²) in [5, 5.41) is 0. The van der Waals surface area contributed by atoms with Gasteiger partial charge in [-0.05, 0) is 66.4 Å². The number of carbonyl (C=O) groups is 3. The highest BCUT2D eigenvalue weighted by Gasteiger charge is 2.49. The molecule has 0 spiro atoms. The molecule has 1 rings (SSSR count). The summed E-state index contributed by atoms with van der Waals surface area (Å²) in [5.41, 5.74) is 0.650. The average Bonchev–Trinajstić information content (AvgIpc) is 2.85. The van der Waals surface area contributed by atoms with Gasteiger partial charge in [0.1, 0.15) is 18.2 Å². The van der Waals surface area contributed by atoms with Crippen LogP contribution in [0.25, 0.3) is 0 Å². The highest BCUT2D eigenvalue weighted by atomic mass is 31.2. The number of allylic oxidation sites excluding steroid dienone is 6. The van der Waals surface area contributed by atoms with Crippen molar-refractivity contribution in [1.82, 2.24) is 0 Å². The minimum Gasteiger partial charge on any atom is -0.465 e. The minimum atomic E-state index is -3.50. The van der Waals surface area contributed by atoms with Crippen LogP contribution in [0.3, 0.4) is 0 Å². The van der Waals surface area contributed by atoms with Crippen molar-refractivity contribution in [3.63, 3.8) is 0 Å². The number of aldehydes is 1. The van der Waals surface area contributed by atoms with Gasteiger partial charge in [-0.1, -0.05) is 29.9 Å². The Balaban J connectivity index is 3.07. The highest BCUT2D eigenvalue weighted by Crippen LogP contribution is 2.47. The van der Waals surface area contributed by atoms with Crippen molar-refractivity contribution in [2.45, 2.75) is 91.6 Å². The lowest BCUT2D eigenvalue weighted by Gasteiger charge is -2.46. The summed E-state index contributed by atoms with van der Waals surface area (Å²) < 4.78 is 39.8. The van der Waals surface area contributed by atoms with Gasteiger partial charge < -0.3 is 23.3 Å². The molecule has 0 radical (unpaired) electrons. The van der Waals surface area contributed by atoms with E-state index in [-0.39, 0.29) is 31.4 Å². The Hall–Kier alpha value is -1.90. The van der Waals surface area contributed by atoms with Crippen molar-refractivity contribution in [3.05, 3.63) is 35.5 Å². The molecule has 1 saturated heterocycles. The van der Waals surface area contributed by atoms with E-state index in [0.717, 1.165) is 24.7 Å². The van der Waals surface area contributed by atoms with Crippen molar-refractivity contribution < 1.29 is 42.2 Å². The third-order valence-corrected chi connectivity index (χ3v) is 8.25. The number of hydrogen-bond acceptors (Lipinski definition) is 9. The summed E-state index contributed by atoms with van der Waals surface area (Å²) in [4.78, 5) is 36.6. The maximum absolute atomic E-state index is 13.2. The Morgan fingerprint density at radius 3 is 2.32 bits per heavy atom. The van der Waals surface area contributed by atoms with Crippen LogP contribution in [0, 0.1) is 5.41 Å². The molecular formula is C28H45O9P. The van der Waals surface area contributed by atoms with E-state index in [2.05, 4.69) is 0 Å². The fourth-order valence-electron chi connectivity index (χ4n) is 4.17. The standard InChI is InChI=1S/C28H45O9P/c1-9-35-26(31)28(6,16-15-21(2)13-11-10-12-14-22(3)19-29)25-18-24(36-27(4,5)37-25)17-23(30)20-38(32,33-7)34-8/h11,13-15,19,24-25H,9-10,12,16-18,20H2,1-8H3/b13-11+,21-15+,22-14+/t24-,25-,28-/m1/s1. The number of unbranched alkanes of at least 4 members (excludes halogenated alkanes) is 1. The van der Waals surface area contributed by atoms with Gasteiger partial charge in [-0.3, -0.25) is 18.9 Å². The Bertz CT molecular complexity index is 942. The van der Waals surface area contributed by atoms with Crippen molar-refractivity contribution in [3.8, 4) is 0 Å². The zero-order valence-electron chi connectivity index (χ0n) is 24.1. The lowest BCUT2D eigenvalue weighted by Crippen LogP contribution is -2.53. The fourth-order valence-corrected chi connectivity index (χ4v) is 5.14. The Morgan fingerprint density at radius 2 is 1.74 bits per heavy atom. The van der Waals surface area contributed by atoms with Gasteiger partial charge >= 0.3 is 13.6 Å². The molecule has 0 N–H and O–H groups in total. The second-order valence-corrected chi connectivity index (χ2v) is 12.5. The average molecular weight is 557 g/mol. The molecule has 1 fully saturated rings. The van der Waals surface area contributed by atoms with Gasteiger partial charge in [0.2, 0.25) is 0 Å². The fraction of sp³-hybridized carbons (Fsp3) is 0.679. The van der Waals surface area contributed by atoms with Crippen molar-refractivity contribution in [2.75, 3.05) is 27.0 Å². The molecule has 3 atom stereocenters. The van der Waals surface area contributed by atoms with Gasteiger partial charge in [0, 0.05) is 27.1 Å². The van der Waals surface area contributed by atoms with Crippen LogP contribution in [0.1, 0.15) is 73.6 Å². The summed E-state index contributed by atoms with van der Waals surface area (Å²) in [7, 11) is -1.02. The van der Waals surface area contributed by atoms with Crippen LogP contribution in [0.15, 0.2) is 35.5 Å². The number of hydrogen-bond donors (Lipinski definition) is 0. The number of carbonyl (C=O) groups excluding carboxylic acids is 3. The number of ketones is 1. The Labute approximate surface area is 227 Å². The zero-order valence-corrected chi connectivity index (χ0v) is 25.0. The smallest absolute Gasteiger partial charge is 0.337 e. The van der Waals surface area contributed by atoms with E-state index in [1.165, 1.54) is 14.2 Å². The lowest BCUT2D eigenvalue weighted by atomic mass is 9.77. The molecule has 216 valence electrons. The highest BCUT2D eigenvalue weighted by molar-refractivity contribution is 7.54. The van der Waals surface area contributed by atoms with Crippen LogP contribution in [0.2, 0.25) is 0 Å². The molecule has 9 nitrogen and oxygen atoms in total. The summed E-state index contributed by atoms with van der Waals surface area (Å²) in [6.45, 7) is 11.0. The predicted molar refractivity (Wildman–Crippen MR) is 146 cm³/mol. The van der Waals surface area contributed by atoms with Crippen LogP contribution < -0.4 is 0 Å². The third-order valence-electron chi connectivity index (χ3n) is 6.40. The molecule has 0 aromatic carbocycles. The van der Waals surface area contributed by atoms with Crippen molar-refractivity contribution in [1.29, 1.82) is 0 Å². The summed E-state index contributed by atoms with van der Waals surface area (Å²) in [6.07, 6.45) is 9.37. The first-order valence-corrected chi connectivity index (χ1v) is 14.7. The maximum Gasteiger partial charge on any atom is 0.337 e. The van der Waals surface area contributed by atoms with Gasteiger partial charge in [-0.25, -0.2) is 0 Å². The first-order chi connectivity index (χ1) is 17.7. The SMILES string of the molecule is CCOC(=O)[C@](C)(C/C=C(C)/C=C/CC/C=C(\C)C=O)[C@H]1C[C@@H](CC(=O)CP(=O)(OC)OC)OC(C)(C)O1. The number of rotatable bonds is 16. The summed E-state index contributed by atoms with van der Waals surface area (Å²) >= 11 is 0. The molecule has 0 aromatic heterocycles. The Kier molecular flexibility index (Phi) is 14.0. The molecule has 0 aliphatic carbocycles. The van der Waals surface area contributed by atoms with E-state index in [1.807, 2.05) is 31.2 Å². The minimum absolute atomic E-state index is 0.0193.